The topological polar surface area (TPSA) is 80.0 Å². The van der Waals surface area contributed by atoms with E-state index >= 15 is 0 Å². The van der Waals surface area contributed by atoms with Crippen LogP contribution in [0.25, 0.3) is 6.08 Å². The van der Waals surface area contributed by atoms with Crippen molar-refractivity contribution < 1.29 is 19.1 Å². The van der Waals surface area contributed by atoms with Gasteiger partial charge in [0.1, 0.15) is 22.8 Å². The number of ether oxygens (including phenoxy) is 1. The maximum absolute atomic E-state index is 12.2. The summed E-state index contributed by atoms with van der Waals surface area (Å²) >= 11 is 0. The van der Waals surface area contributed by atoms with Crippen molar-refractivity contribution in [3.8, 4) is 11.5 Å². The van der Waals surface area contributed by atoms with E-state index < -0.39 is 17.2 Å². The Morgan fingerprint density at radius 1 is 1.29 bits per heavy atom. The maximum Gasteiger partial charge on any atom is 0.351 e. The highest BCUT2D eigenvalue weighted by Gasteiger charge is 2.16. The molecule has 1 N–H and O–H groups in total. The van der Waals surface area contributed by atoms with Crippen molar-refractivity contribution in [1.29, 1.82) is 0 Å². The SMILES string of the molecule is COc1cc(N(C)C)ccc1/C=C/C(=O)c1c(O)cc(C)oc1=O. The highest BCUT2D eigenvalue weighted by atomic mass is 16.5. The Morgan fingerprint density at radius 2 is 2.00 bits per heavy atom. The summed E-state index contributed by atoms with van der Waals surface area (Å²) in [6.45, 7) is 1.52. The minimum absolute atomic E-state index is 0.235. The second-order valence-electron chi connectivity index (χ2n) is 5.42. The van der Waals surface area contributed by atoms with Gasteiger partial charge in [-0.15, -0.1) is 0 Å². The normalized spacial score (nSPS) is 10.8. The number of ketones is 1. The van der Waals surface area contributed by atoms with E-state index in [4.69, 9.17) is 9.15 Å². The zero-order chi connectivity index (χ0) is 17.9. The summed E-state index contributed by atoms with van der Waals surface area (Å²) in [5.41, 5.74) is 0.373. The lowest BCUT2D eigenvalue weighted by atomic mass is 10.1. The predicted octanol–water partition coefficient (Wildman–Crippen LogP) is 2.62. The smallest absolute Gasteiger partial charge is 0.351 e. The second-order valence-corrected chi connectivity index (χ2v) is 5.42. The van der Waals surface area contributed by atoms with E-state index in [2.05, 4.69) is 0 Å². The Hall–Kier alpha value is -3.02. The number of carbonyl (C=O) groups excluding carboxylic acids is 1. The monoisotopic (exact) mass is 329 g/mol. The van der Waals surface area contributed by atoms with Crippen LogP contribution in [0.3, 0.4) is 0 Å². The fourth-order valence-corrected chi connectivity index (χ4v) is 2.19. The molecule has 0 saturated carbocycles. The number of nitrogens with zero attached hydrogens (tertiary/aromatic N) is 1. The van der Waals surface area contributed by atoms with Gasteiger partial charge >= 0.3 is 5.63 Å². The van der Waals surface area contributed by atoms with Crippen LogP contribution in [-0.4, -0.2) is 32.1 Å². The van der Waals surface area contributed by atoms with Crippen LogP contribution < -0.4 is 15.3 Å². The number of hydrogen-bond acceptors (Lipinski definition) is 6. The Labute approximate surface area is 139 Å². The zero-order valence-electron chi connectivity index (χ0n) is 14.0. The summed E-state index contributed by atoms with van der Waals surface area (Å²) in [5, 5.41) is 9.79. The first-order chi connectivity index (χ1) is 11.3. The third-order valence-corrected chi connectivity index (χ3v) is 3.45. The van der Waals surface area contributed by atoms with Gasteiger partial charge in [0.05, 0.1) is 7.11 Å². The van der Waals surface area contributed by atoms with Crippen LogP contribution in [0.4, 0.5) is 5.69 Å². The minimum atomic E-state index is -0.864. The quantitative estimate of drug-likeness (QED) is 0.671. The summed E-state index contributed by atoms with van der Waals surface area (Å²) in [4.78, 5) is 25.9. The first kappa shape index (κ1) is 17.3. The first-order valence-electron chi connectivity index (χ1n) is 7.25. The van der Waals surface area contributed by atoms with Gasteiger partial charge in [0.15, 0.2) is 5.78 Å². The number of aryl methyl sites for hydroxylation is 1. The molecule has 0 radical (unpaired) electrons. The van der Waals surface area contributed by atoms with Crippen LogP contribution in [-0.2, 0) is 0 Å². The zero-order valence-corrected chi connectivity index (χ0v) is 14.0. The van der Waals surface area contributed by atoms with E-state index in [-0.39, 0.29) is 11.3 Å². The van der Waals surface area contributed by atoms with Crippen molar-refractivity contribution in [1.82, 2.24) is 0 Å². The number of benzene rings is 1. The first-order valence-corrected chi connectivity index (χ1v) is 7.25. The minimum Gasteiger partial charge on any atom is -0.507 e. The molecule has 6 nitrogen and oxygen atoms in total. The summed E-state index contributed by atoms with van der Waals surface area (Å²) in [6, 6.07) is 6.75. The van der Waals surface area contributed by atoms with Gasteiger partial charge in [-0.3, -0.25) is 4.79 Å². The van der Waals surface area contributed by atoms with Crippen molar-refractivity contribution >= 4 is 17.5 Å². The molecule has 1 aromatic heterocycles. The lowest BCUT2D eigenvalue weighted by Gasteiger charge is -2.14. The predicted molar refractivity (Wildman–Crippen MR) is 92.1 cm³/mol. The van der Waals surface area contributed by atoms with E-state index in [1.54, 1.807) is 6.07 Å². The number of allylic oxidation sites excluding steroid dienone is 1. The van der Waals surface area contributed by atoms with Crippen molar-refractivity contribution in [2.45, 2.75) is 6.92 Å². The van der Waals surface area contributed by atoms with Crippen LogP contribution in [0.5, 0.6) is 11.5 Å². The van der Waals surface area contributed by atoms with Crippen molar-refractivity contribution in [2.75, 3.05) is 26.1 Å². The van der Waals surface area contributed by atoms with Gasteiger partial charge in [0, 0.05) is 37.5 Å². The molecule has 0 atom stereocenters. The molecule has 0 aliphatic carbocycles. The highest BCUT2D eigenvalue weighted by Crippen LogP contribution is 2.26. The molecule has 2 rings (SSSR count). The molecule has 0 spiro atoms. The third kappa shape index (κ3) is 3.65. The van der Waals surface area contributed by atoms with Gasteiger partial charge in [-0.1, -0.05) is 0 Å². The molecular formula is C18H19NO5. The third-order valence-electron chi connectivity index (χ3n) is 3.45. The van der Waals surface area contributed by atoms with E-state index in [1.807, 2.05) is 31.1 Å². The van der Waals surface area contributed by atoms with Crippen LogP contribution in [0.1, 0.15) is 21.7 Å². The Morgan fingerprint density at radius 3 is 2.58 bits per heavy atom. The molecule has 0 fully saturated rings. The molecule has 0 saturated heterocycles. The number of anilines is 1. The van der Waals surface area contributed by atoms with Gasteiger partial charge < -0.3 is 19.2 Å². The molecule has 24 heavy (non-hydrogen) atoms. The lowest BCUT2D eigenvalue weighted by molar-refractivity contribution is 0.104. The number of methoxy groups -OCH3 is 1. The number of aromatic hydroxyl groups is 1. The lowest BCUT2D eigenvalue weighted by Crippen LogP contribution is -2.13. The van der Waals surface area contributed by atoms with Crippen LogP contribution >= 0.6 is 0 Å². The largest absolute Gasteiger partial charge is 0.507 e. The fourth-order valence-electron chi connectivity index (χ4n) is 2.19. The number of hydrogen-bond donors (Lipinski definition) is 1. The van der Waals surface area contributed by atoms with Gasteiger partial charge in [-0.25, -0.2) is 4.79 Å². The van der Waals surface area contributed by atoms with Gasteiger partial charge in [0.25, 0.3) is 0 Å². The average molecular weight is 329 g/mol. The van der Waals surface area contributed by atoms with Gasteiger partial charge in [-0.2, -0.15) is 0 Å². The van der Waals surface area contributed by atoms with Crippen molar-refractivity contribution in [3.63, 3.8) is 0 Å². The second kappa shape index (κ2) is 7.04. The molecular weight excluding hydrogens is 310 g/mol. The van der Waals surface area contributed by atoms with Gasteiger partial charge in [-0.05, 0) is 31.2 Å². The molecule has 1 heterocycles. The highest BCUT2D eigenvalue weighted by molar-refractivity contribution is 6.08. The van der Waals surface area contributed by atoms with Gasteiger partial charge in [0.2, 0.25) is 0 Å². The number of rotatable bonds is 5. The summed E-state index contributed by atoms with van der Waals surface area (Å²) in [7, 11) is 5.36. The fraction of sp³-hybridized carbons (Fsp3) is 0.222. The molecule has 0 aliphatic heterocycles. The van der Waals surface area contributed by atoms with Crippen LogP contribution in [0.15, 0.2) is 39.6 Å². The Kier molecular flexibility index (Phi) is 5.08. The van der Waals surface area contributed by atoms with Crippen LogP contribution in [0.2, 0.25) is 0 Å². The van der Waals surface area contributed by atoms with E-state index in [0.29, 0.717) is 11.3 Å². The molecule has 0 amide bonds. The molecule has 0 aliphatic rings. The molecule has 1 aromatic carbocycles. The summed E-state index contributed by atoms with van der Waals surface area (Å²) < 4.78 is 10.2. The molecule has 126 valence electrons. The average Bonchev–Trinajstić information content (AvgIpc) is 2.51. The van der Waals surface area contributed by atoms with E-state index in [1.165, 1.54) is 32.3 Å². The molecule has 0 unspecified atom stereocenters. The standard InChI is InChI=1S/C18H19NO5/c1-11-9-15(21)17(18(22)24-11)14(20)8-6-12-5-7-13(19(2)3)10-16(12)23-4/h5-10,21H,1-4H3/b8-6+. The van der Waals surface area contributed by atoms with E-state index in [9.17, 15) is 14.7 Å². The Bertz CT molecular complexity index is 849. The van der Waals surface area contributed by atoms with E-state index in [0.717, 1.165) is 5.69 Å². The maximum atomic E-state index is 12.2. The van der Waals surface area contributed by atoms with Crippen LogP contribution in [0, 0.1) is 6.92 Å². The number of carbonyl (C=O) groups is 1. The summed E-state index contributed by atoms with van der Waals surface area (Å²) in [5.74, 6) is -0.210. The van der Waals surface area contributed by atoms with Crippen molar-refractivity contribution in [2.24, 2.45) is 0 Å². The molecule has 2 aromatic rings. The Balaban J connectivity index is 2.35. The van der Waals surface area contributed by atoms with Crippen molar-refractivity contribution in [3.05, 3.63) is 57.6 Å². The summed E-state index contributed by atoms with van der Waals surface area (Å²) in [6.07, 6.45) is 2.73. The molecule has 0 bridgehead atoms. The molecule has 6 heteroatoms.